The van der Waals surface area contributed by atoms with Gasteiger partial charge in [0, 0.05) is 25.6 Å². The van der Waals surface area contributed by atoms with E-state index in [4.69, 9.17) is 0 Å². The Kier molecular flexibility index (Phi) is 5.27. The van der Waals surface area contributed by atoms with Gasteiger partial charge in [0.25, 0.3) is 0 Å². The monoisotopic (exact) mass is 364 g/mol. The largest absolute Gasteiger partial charge is 0.356 e. The first kappa shape index (κ1) is 17.5. The number of hydrogen-bond donors (Lipinski definition) is 2. The Morgan fingerprint density at radius 1 is 1.15 bits per heavy atom. The lowest BCUT2D eigenvalue weighted by Crippen LogP contribution is -2.41. The van der Waals surface area contributed by atoms with Crippen LogP contribution in [0.5, 0.6) is 0 Å². The summed E-state index contributed by atoms with van der Waals surface area (Å²) in [4.78, 5) is 30.5. The molecule has 1 aromatic carbocycles. The zero-order valence-electron chi connectivity index (χ0n) is 15.3. The Labute approximate surface area is 158 Å². The molecule has 0 unspecified atom stereocenters. The van der Waals surface area contributed by atoms with Crippen LogP contribution in [-0.4, -0.2) is 45.5 Å². The molecule has 4 rings (SSSR count). The van der Waals surface area contributed by atoms with E-state index in [-0.39, 0.29) is 11.8 Å². The Bertz CT molecular complexity index is 886. The molecule has 2 aromatic heterocycles. The van der Waals surface area contributed by atoms with Crippen LogP contribution in [0.1, 0.15) is 24.8 Å². The molecule has 1 aliphatic rings. The van der Waals surface area contributed by atoms with Gasteiger partial charge < -0.3 is 15.2 Å². The number of amides is 1. The zero-order valence-corrected chi connectivity index (χ0v) is 15.3. The number of piperidine rings is 1. The number of aromatic amines is 1. The van der Waals surface area contributed by atoms with E-state index in [9.17, 15) is 4.79 Å². The Morgan fingerprint density at radius 3 is 2.78 bits per heavy atom. The number of rotatable bonds is 6. The predicted octanol–water partition coefficient (Wildman–Crippen LogP) is 2.32. The van der Waals surface area contributed by atoms with Crippen molar-refractivity contribution >= 4 is 22.9 Å². The SMILES string of the molecule is O=C(NCCCc1ccccc1)C1CCN(c2ncnc3nc[nH]c23)CC1. The number of carbonyl (C=O) groups excluding carboxylic acids is 1. The number of benzene rings is 1. The number of H-pyrrole nitrogens is 1. The topological polar surface area (TPSA) is 86.8 Å². The van der Waals surface area contributed by atoms with Crippen LogP contribution in [0.25, 0.3) is 11.2 Å². The van der Waals surface area contributed by atoms with E-state index in [1.54, 1.807) is 12.7 Å². The van der Waals surface area contributed by atoms with Crippen molar-refractivity contribution in [1.29, 1.82) is 0 Å². The molecule has 7 heteroatoms. The van der Waals surface area contributed by atoms with E-state index in [2.05, 4.69) is 54.4 Å². The fourth-order valence-electron chi connectivity index (χ4n) is 3.64. The second kappa shape index (κ2) is 8.16. The summed E-state index contributed by atoms with van der Waals surface area (Å²) in [6, 6.07) is 10.4. The van der Waals surface area contributed by atoms with Crippen LogP contribution in [0.4, 0.5) is 5.82 Å². The molecule has 3 aromatic rings. The van der Waals surface area contributed by atoms with Crippen LogP contribution in [0.3, 0.4) is 0 Å². The molecule has 1 saturated heterocycles. The number of carbonyl (C=O) groups is 1. The average molecular weight is 364 g/mol. The van der Waals surface area contributed by atoms with Gasteiger partial charge in [-0.3, -0.25) is 4.79 Å². The van der Waals surface area contributed by atoms with Crippen molar-refractivity contribution in [3.05, 3.63) is 48.5 Å². The lowest BCUT2D eigenvalue weighted by atomic mass is 9.96. The fraction of sp³-hybridized carbons (Fsp3) is 0.400. The van der Waals surface area contributed by atoms with Crippen molar-refractivity contribution in [3.63, 3.8) is 0 Å². The smallest absolute Gasteiger partial charge is 0.223 e. The lowest BCUT2D eigenvalue weighted by molar-refractivity contribution is -0.125. The van der Waals surface area contributed by atoms with E-state index in [0.29, 0.717) is 5.65 Å². The molecule has 140 valence electrons. The third-order valence-electron chi connectivity index (χ3n) is 5.15. The summed E-state index contributed by atoms with van der Waals surface area (Å²) in [7, 11) is 0. The van der Waals surface area contributed by atoms with E-state index < -0.39 is 0 Å². The molecule has 27 heavy (non-hydrogen) atoms. The fourth-order valence-corrected chi connectivity index (χ4v) is 3.64. The molecule has 0 radical (unpaired) electrons. The van der Waals surface area contributed by atoms with Crippen LogP contribution >= 0.6 is 0 Å². The maximum absolute atomic E-state index is 12.5. The highest BCUT2D eigenvalue weighted by atomic mass is 16.1. The minimum absolute atomic E-state index is 0.0806. The van der Waals surface area contributed by atoms with Crippen LogP contribution in [0.15, 0.2) is 43.0 Å². The summed E-state index contributed by atoms with van der Waals surface area (Å²) >= 11 is 0. The Balaban J connectivity index is 1.24. The lowest BCUT2D eigenvalue weighted by Gasteiger charge is -2.32. The highest BCUT2D eigenvalue weighted by Gasteiger charge is 2.26. The Morgan fingerprint density at radius 2 is 1.96 bits per heavy atom. The summed E-state index contributed by atoms with van der Waals surface area (Å²) in [5, 5.41) is 3.10. The summed E-state index contributed by atoms with van der Waals surface area (Å²) in [5.74, 6) is 1.13. The zero-order chi connectivity index (χ0) is 18.5. The highest BCUT2D eigenvalue weighted by Crippen LogP contribution is 2.25. The van der Waals surface area contributed by atoms with Crippen molar-refractivity contribution in [2.75, 3.05) is 24.5 Å². The first-order valence-corrected chi connectivity index (χ1v) is 9.52. The quantitative estimate of drug-likeness (QED) is 0.656. The van der Waals surface area contributed by atoms with Crippen LogP contribution in [-0.2, 0) is 11.2 Å². The maximum atomic E-state index is 12.5. The average Bonchev–Trinajstić information content (AvgIpc) is 3.21. The number of nitrogens with zero attached hydrogens (tertiary/aromatic N) is 4. The number of aryl methyl sites for hydroxylation is 1. The van der Waals surface area contributed by atoms with Crippen molar-refractivity contribution in [3.8, 4) is 0 Å². The first-order chi connectivity index (χ1) is 13.3. The van der Waals surface area contributed by atoms with Gasteiger partial charge in [-0.05, 0) is 31.2 Å². The summed E-state index contributed by atoms with van der Waals surface area (Å²) in [6.45, 7) is 2.36. The highest BCUT2D eigenvalue weighted by molar-refractivity contribution is 5.83. The van der Waals surface area contributed by atoms with E-state index in [1.807, 2.05) is 6.07 Å². The van der Waals surface area contributed by atoms with Crippen molar-refractivity contribution in [2.24, 2.45) is 5.92 Å². The molecule has 2 N–H and O–H groups in total. The summed E-state index contributed by atoms with van der Waals surface area (Å²) in [6.07, 6.45) is 6.82. The van der Waals surface area contributed by atoms with E-state index >= 15 is 0 Å². The van der Waals surface area contributed by atoms with Gasteiger partial charge in [-0.2, -0.15) is 0 Å². The molecule has 0 saturated carbocycles. The third-order valence-corrected chi connectivity index (χ3v) is 5.15. The molecule has 1 fully saturated rings. The second-order valence-corrected chi connectivity index (χ2v) is 6.94. The molecule has 1 amide bonds. The predicted molar refractivity (Wildman–Crippen MR) is 104 cm³/mol. The maximum Gasteiger partial charge on any atom is 0.223 e. The van der Waals surface area contributed by atoms with Gasteiger partial charge in [0.15, 0.2) is 11.5 Å². The number of imidazole rings is 1. The van der Waals surface area contributed by atoms with Crippen LogP contribution in [0.2, 0.25) is 0 Å². The van der Waals surface area contributed by atoms with Gasteiger partial charge in [0.1, 0.15) is 11.8 Å². The number of fused-ring (bicyclic) bond motifs is 1. The van der Waals surface area contributed by atoms with Gasteiger partial charge >= 0.3 is 0 Å². The van der Waals surface area contributed by atoms with Gasteiger partial charge in [-0.25, -0.2) is 15.0 Å². The first-order valence-electron chi connectivity index (χ1n) is 9.52. The van der Waals surface area contributed by atoms with E-state index in [0.717, 1.165) is 56.7 Å². The molecule has 0 aliphatic carbocycles. The molecule has 7 nitrogen and oxygen atoms in total. The molecular formula is C20H24N6O. The summed E-state index contributed by atoms with van der Waals surface area (Å²) in [5.41, 5.74) is 2.86. The summed E-state index contributed by atoms with van der Waals surface area (Å²) < 4.78 is 0. The molecular weight excluding hydrogens is 340 g/mol. The molecule has 0 bridgehead atoms. The molecule has 0 spiro atoms. The minimum Gasteiger partial charge on any atom is -0.356 e. The van der Waals surface area contributed by atoms with Crippen molar-refractivity contribution < 1.29 is 4.79 Å². The van der Waals surface area contributed by atoms with Crippen molar-refractivity contribution in [2.45, 2.75) is 25.7 Å². The standard InChI is InChI=1S/C20H24N6O/c27-20(21-10-4-7-15-5-2-1-3-6-15)16-8-11-26(12-9-16)19-17-18(23-13-22-17)24-14-25-19/h1-3,5-6,13-14,16H,4,7-12H2,(H,21,27)(H,22,23,24,25). The number of hydrogen-bond acceptors (Lipinski definition) is 5. The van der Waals surface area contributed by atoms with Gasteiger partial charge in [-0.1, -0.05) is 30.3 Å². The van der Waals surface area contributed by atoms with Gasteiger partial charge in [0.05, 0.1) is 6.33 Å². The normalized spacial score (nSPS) is 15.2. The number of aromatic nitrogens is 4. The minimum atomic E-state index is 0.0806. The molecule has 1 aliphatic heterocycles. The number of nitrogens with one attached hydrogen (secondary N) is 2. The van der Waals surface area contributed by atoms with Gasteiger partial charge in [-0.15, -0.1) is 0 Å². The van der Waals surface area contributed by atoms with Crippen LogP contribution < -0.4 is 10.2 Å². The Hall–Kier alpha value is -2.96. The van der Waals surface area contributed by atoms with E-state index in [1.165, 1.54) is 5.56 Å². The number of anilines is 1. The van der Waals surface area contributed by atoms with Gasteiger partial charge in [0.2, 0.25) is 5.91 Å². The molecule has 3 heterocycles. The third kappa shape index (κ3) is 4.07. The van der Waals surface area contributed by atoms with Crippen molar-refractivity contribution in [1.82, 2.24) is 25.3 Å². The van der Waals surface area contributed by atoms with Crippen LogP contribution in [0, 0.1) is 5.92 Å². The molecule has 0 atom stereocenters. The second-order valence-electron chi connectivity index (χ2n) is 6.94.